The van der Waals surface area contributed by atoms with E-state index in [0.29, 0.717) is 5.75 Å². The zero-order valence-corrected chi connectivity index (χ0v) is 12.9. The Kier molecular flexibility index (Phi) is 6.58. The van der Waals surface area contributed by atoms with Crippen LogP contribution >= 0.6 is 11.8 Å². The van der Waals surface area contributed by atoms with E-state index in [1.165, 1.54) is 11.8 Å². The van der Waals surface area contributed by atoms with E-state index in [4.69, 9.17) is 5.11 Å². The molecule has 0 saturated carbocycles. The molecule has 0 aliphatic carbocycles. The number of benzene rings is 1. The fraction of sp³-hybridized carbons (Fsp3) is 0.467. The summed E-state index contributed by atoms with van der Waals surface area (Å²) in [6.45, 7) is 5.83. The SMILES string of the molecule is CCCC(C)NC(=O)CSc1ccc(C)c(C(=O)O)c1. The van der Waals surface area contributed by atoms with Crippen LogP contribution in [0.3, 0.4) is 0 Å². The van der Waals surface area contributed by atoms with Crippen molar-refractivity contribution in [2.24, 2.45) is 0 Å². The van der Waals surface area contributed by atoms with E-state index in [1.807, 2.05) is 13.0 Å². The first-order chi connectivity index (χ1) is 9.43. The Morgan fingerprint density at radius 2 is 2.10 bits per heavy atom. The van der Waals surface area contributed by atoms with Crippen molar-refractivity contribution in [3.8, 4) is 0 Å². The number of aromatic carboxylic acids is 1. The normalized spacial score (nSPS) is 11.9. The van der Waals surface area contributed by atoms with Crippen LogP contribution in [0.25, 0.3) is 0 Å². The Labute approximate surface area is 124 Å². The third kappa shape index (κ3) is 5.25. The molecule has 1 aromatic carbocycles. The van der Waals surface area contributed by atoms with E-state index in [9.17, 15) is 9.59 Å². The Morgan fingerprint density at radius 1 is 1.40 bits per heavy atom. The maximum absolute atomic E-state index is 11.7. The second-order valence-corrected chi connectivity index (χ2v) is 5.88. The highest BCUT2D eigenvalue weighted by Crippen LogP contribution is 2.21. The van der Waals surface area contributed by atoms with Crippen LogP contribution in [0.1, 0.15) is 42.6 Å². The van der Waals surface area contributed by atoms with E-state index < -0.39 is 5.97 Å². The summed E-state index contributed by atoms with van der Waals surface area (Å²) in [5.41, 5.74) is 1.01. The van der Waals surface area contributed by atoms with Gasteiger partial charge in [-0.15, -0.1) is 11.8 Å². The van der Waals surface area contributed by atoms with Gasteiger partial charge in [-0.05, 0) is 38.0 Å². The van der Waals surface area contributed by atoms with Gasteiger partial charge in [-0.3, -0.25) is 4.79 Å². The molecule has 1 aromatic rings. The van der Waals surface area contributed by atoms with Crippen LogP contribution in [0, 0.1) is 6.92 Å². The number of carbonyl (C=O) groups is 2. The van der Waals surface area contributed by atoms with Crippen molar-refractivity contribution in [1.29, 1.82) is 0 Å². The number of carboxylic acids is 1. The summed E-state index contributed by atoms with van der Waals surface area (Å²) in [7, 11) is 0. The summed E-state index contributed by atoms with van der Waals surface area (Å²) in [6.07, 6.45) is 2.00. The van der Waals surface area contributed by atoms with Gasteiger partial charge in [0, 0.05) is 10.9 Å². The fourth-order valence-electron chi connectivity index (χ4n) is 1.89. The molecule has 20 heavy (non-hydrogen) atoms. The average molecular weight is 295 g/mol. The van der Waals surface area contributed by atoms with E-state index in [2.05, 4.69) is 12.2 Å². The predicted molar refractivity (Wildman–Crippen MR) is 81.4 cm³/mol. The van der Waals surface area contributed by atoms with Crippen molar-refractivity contribution in [1.82, 2.24) is 5.32 Å². The van der Waals surface area contributed by atoms with Crippen molar-refractivity contribution in [2.75, 3.05) is 5.75 Å². The van der Waals surface area contributed by atoms with E-state index in [-0.39, 0.29) is 17.5 Å². The quantitative estimate of drug-likeness (QED) is 0.759. The second kappa shape index (κ2) is 7.94. The van der Waals surface area contributed by atoms with Gasteiger partial charge in [-0.25, -0.2) is 4.79 Å². The Hall–Kier alpha value is -1.49. The molecule has 1 amide bonds. The first kappa shape index (κ1) is 16.6. The molecule has 0 bridgehead atoms. The first-order valence-corrected chi connectivity index (χ1v) is 7.68. The Bertz CT molecular complexity index is 488. The minimum absolute atomic E-state index is 0.0200. The molecule has 2 N–H and O–H groups in total. The summed E-state index contributed by atoms with van der Waals surface area (Å²) in [5, 5.41) is 12.0. The van der Waals surface area contributed by atoms with Crippen molar-refractivity contribution >= 4 is 23.6 Å². The third-order valence-corrected chi connectivity index (χ3v) is 3.93. The number of hydrogen-bond donors (Lipinski definition) is 2. The number of carbonyl (C=O) groups excluding carboxylic acids is 1. The lowest BCUT2D eigenvalue weighted by molar-refractivity contribution is -0.119. The zero-order chi connectivity index (χ0) is 15.1. The lowest BCUT2D eigenvalue weighted by atomic mass is 10.1. The van der Waals surface area contributed by atoms with Gasteiger partial charge in [-0.1, -0.05) is 19.4 Å². The summed E-state index contributed by atoms with van der Waals surface area (Å²) in [6, 6.07) is 5.41. The largest absolute Gasteiger partial charge is 0.478 e. The number of aryl methyl sites for hydroxylation is 1. The minimum atomic E-state index is -0.939. The van der Waals surface area contributed by atoms with Crippen molar-refractivity contribution < 1.29 is 14.7 Å². The third-order valence-electron chi connectivity index (χ3n) is 2.94. The van der Waals surface area contributed by atoms with Crippen LogP contribution in [0.2, 0.25) is 0 Å². The molecule has 5 heteroatoms. The molecule has 0 aromatic heterocycles. The summed E-state index contributed by atoms with van der Waals surface area (Å²) < 4.78 is 0. The van der Waals surface area contributed by atoms with Gasteiger partial charge in [0.1, 0.15) is 0 Å². The van der Waals surface area contributed by atoms with Crippen molar-refractivity contribution in [3.63, 3.8) is 0 Å². The Balaban J connectivity index is 2.55. The average Bonchev–Trinajstić information content (AvgIpc) is 2.37. The van der Waals surface area contributed by atoms with Gasteiger partial charge in [0.05, 0.1) is 11.3 Å². The molecule has 1 rings (SSSR count). The summed E-state index contributed by atoms with van der Waals surface area (Å²) in [4.78, 5) is 23.6. The number of hydrogen-bond acceptors (Lipinski definition) is 3. The van der Waals surface area contributed by atoms with E-state index in [0.717, 1.165) is 23.3 Å². The maximum atomic E-state index is 11.7. The molecule has 110 valence electrons. The van der Waals surface area contributed by atoms with E-state index >= 15 is 0 Å². The molecule has 0 aliphatic rings. The van der Waals surface area contributed by atoms with Crippen LogP contribution in [-0.4, -0.2) is 28.8 Å². The minimum Gasteiger partial charge on any atom is -0.478 e. The highest BCUT2D eigenvalue weighted by molar-refractivity contribution is 8.00. The summed E-state index contributed by atoms with van der Waals surface area (Å²) in [5.74, 6) is -0.657. The van der Waals surface area contributed by atoms with Gasteiger partial charge in [0.25, 0.3) is 0 Å². The molecule has 0 heterocycles. The number of amides is 1. The van der Waals surface area contributed by atoms with Gasteiger partial charge >= 0.3 is 5.97 Å². The predicted octanol–water partition coefficient (Wildman–Crippen LogP) is 3.09. The molecule has 0 saturated heterocycles. The first-order valence-electron chi connectivity index (χ1n) is 6.70. The molecule has 0 aliphatic heterocycles. The highest BCUT2D eigenvalue weighted by Gasteiger charge is 2.10. The van der Waals surface area contributed by atoms with Crippen LogP contribution in [0.4, 0.5) is 0 Å². The molecule has 0 spiro atoms. The maximum Gasteiger partial charge on any atom is 0.335 e. The fourth-order valence-corrected chi connectivity index (χ4v) is 2.64. The molecule has 0 radical (unpaired) electrons. The van der Waals surface area contributed by atoms with Gasteiger partial charge in [0.2, 0.25) is 5.91 Å². The smallest absolute Gasteiger partial charge is 0.335 e. The van der Waals surface area contributed by atoms with Gasteiger partial charge < -0.3 is 10.4 Å². The number of nitrogens with one attached hydrogen (secondary N) is 1. The zero-order valence-electron chi connectivity index (χ0n) is 12.1. The van der Waals surface area contributed by atoms with Crippen molar-refractivity contribution in [2.45, 2.75) is 44.6 Å². The Morgan fingerprint density at radius 3 is 2.70 bits per heavy atom. The van der Waals surface area contributed by atoms with Crippen LogP contribution in [-0.2, 0) is 4.79 Å². The molecule has 1 atom stereocenters. The number of carboxylic acid groups (broad SMARTS) is 1. The van der Waals surface area contributed by atoms with Gasteiger partial charge in [-0.2, -0.15) is 0 Å². The lowest BCUT2D eigenvalue weighted by Gasteiger charge is -2.12. The molecule has 1 unspecified atom stereocenters. The van der Waals surface area contributed by atoms with Crippen LogP contribution in [0.5, 0.6) is 0 Å². The number of thioether (sulfide) groups is 1. The second-order valence-electron chi connectivity index (χ2n) is 4.83. The highest BCUT2D eigenvalue weighted by atomic mass is 32.2. The molecular weight excluding hydrogens is 274 g/mol. The van der Waals surface area contributed by atoms with Crippen LogP contribution < -0.4 is 5.32 Å². The molecule has 0 fully saturated rings. The van der Waals surface area contributed by atoms with Crippen molar-refractivity contribution in [3.05, 3.63) is 29.3 Å². The monoisotopic (exact) mass is 295 g/mol. The molecular formula is C15H21NO3S. The summed E-state index contributed by atoms with van der Waals surface area (Å²) >= 11 is 1.35. The van der Waals surface area contributed by atoms with Gasteiger partial charge in [0.15, 0.2) is 0 Å². The molecule has 4 nitrogen and oxygen atoms in total. The standard InChI is InChI=1S/C15H21NO3S/c1-4-5-11(3)16-14(17)9-20-12-7-6-10(2)13(8-12)15(18)19/h6-8,11H,4-5,9H2,1-3H3,(H,16,17)(H,18,19). The lowest BCUT2D eigenvalue weighted by Crippen LogP contribution is -2.33. The van der Waals surface area contributed by atoms with Crippen LogP contribution in [0.15, 0.2) is 23.1 Å². The van der Waals surface area contributed by atoms with E-state index in [1.54, 1.807) is 19.1 Å². The number of rotatable bonds is 7. The topological polar surface area (TPSA) is 66.4 Å².